The third-order valence-electron chi connectivity index (χ3n) is 3.59. The quantitative estimate of drug-likeness (QED) is 0.814. The van der Waals surface area contributed by atoms with E-state index >= 15 is 0 Å². The lowest BCUT2D eigenvalue weighted by molar-refractivity contribution is -0.128. The van der Waals surface area contributed by atoms with Gasteiger partial charge in [-0.3, -0.25) is 4.79 Å². The molecule has 1 saturated heterocycles. The van der Waals surface area contributed by atoms with Crippen LogP contribution in [0.1, 0.15) is 23.2 Å². The van der Waals surface area contributed by atoms with Gasteiger partial charge in [0.1, 0.15) is 5.82 Å². The minimum Gasteiger partial charge on any atom is -0.478 e. The number of hydrogen-bond acceptors (Lipinski definition) is 4. The lowest BCUT2D eigenvalue weighted by Gasteiger charge is -2.24. The summed E-state index contributed by atoms with van der Waals surface area (Å²) in [5, 5.41) is 8.84. The molecule has 21 heavy (non-hydrogen) atoms. The number of carbonyl (C=O) groups is 2. The Morgan fingerprint density at radius 3 is 2.57 bits per heavy atom. The van der Waals surface area contributed by atoms with E-state index < -0.39 is 17.3 Å². The summed E-state index contributed by atoms with van der Waals surface area (Å²) in [7, 11) is 1.62. The van der Waals surface area contributed by atoms with Gasteiger partial charge in [0.25, 0.3) is 0 Å². The number of nitrogen functional groups attached to an aromatic ring is 1. The van der Waals surface area contributed by atoms with Crippen molar-refractivity contribution < 1.29 is 19.1 Å². The molecule has 1 aromatic carbocycles. The van der Waals surface area contributed by atoms with Gasteiger partial charge in [0, 0.05) is 26.2 Å². The van der Waals surface area contributed by atoms with Crippen molar-refractivity contribution in [1.82, 2.24) is 4.90 Å². The van der Waals surface area contributed by atoms with Gasteiger partial charge in [-0.2, -0.15) is 0 Å². The Labute approximate surface area is 121 Å². The molecule has 0 radical (unpaired) electrons. The van der Waals surface area contributed by atoms with E-state index in [1.165, 1.54) is 4.90 Å². The van der Waals surface area contributed by atoms with Crippen LogP contribution in [0.2, 0.25) is 0 Å². The number of carboxylic acid groups (broad SMARTS) is 1. The maximum Gasteiger partial charge on any atom is 0.338 e. The van der Waals surface area contributed by atoms with Gasteiger partial charge in [0.2, 0.25) is 5.91 Å². The first kappa shape index (κ1) is 15.1. The number of aromatic carboxylic acids is 1. The fourth-order valence-electron chi connectivity index (χ4n) is 2.43. The maximum absolute atomic E-state index is 13.7. The predicted molar refractivity (Wildman–Crippen MR) is 76.9 cm³/mol. The average molecular weight is 295 g/mol. The number of carbonyl (C=O) groups excluding carboxylic acids is 1. The van der Waals surface area contributed by atoms with Crippen LogP contribution in [-0.4, -0.2) is 48.6 Å². The van der Waals surface area contributed by atoms with Crippen LogP contribution in [0.15, 0.2) is 12.1 Å². The second-order valence-corrected chi connectivity index (χ2v) is 5.14. The Bertz CT molecular complexity index is 571. The smallest absolute Gasteiger partial charge is 0.338 e. The van der Waals surface area contributed by atoms with Gasteiger partial charge in [-0.15, -0.1) is 0 Å². The standard InChI is InChI=1S/C14H18FN3O3/c1-17(8-13(19)18-4-2-3-5-18)12-7-10(15)9(14(20)21)6-11(12)16/h6-7H,2-5,8,16H2,1H3,(H,20,21). The van der Waals surface area contributed by atoms with E-state index in [1.807, 2.05) is 0 Å². The third-order valence-corrected chi connectivity index (χ3v) is 3.59. The van der Waals surface area contributed by atoms with E-state index in [1.54, 1.807) is 11.9 Å². The van der Waals surface area contributed by atoms with Crippen LogP contribution in [0, 0.1) is 5.82 Å². The van der Waals surface area contributed by atoms with Crippen LogP contribution in [0.5, 0.6) is 0 Å². The van der Waals surface area contributed by atoms with Gasteiger partial charge in [-0.05, 0) is 18.9 Å². The molecule has 1 amide bonds. The van der Waals surface area contributed by atoms with Crippen LogP contribution < -0.4 is 10.6 Å². The molecule has 0 saturated carbocycles. The number of likely N-dealkylation sites (tertiary alicyclic amines) is 1. The summed E-state index contributed by atoms with van der Waals surface area (Å²) in [6.45, 7) is 1.57. The molecule has 0 aromatic heterocycles. The van der Waals surface area contributed by atoms with Crippen LogP contribution in [0.3, 0.4) is 0 Å². The van der Waals surface area contributed by atoms with E-state index in [4.69, 9.17) is 10.8 Å². The maximum atomic E-state index is 13.7. The molecule has 1 aromatic rings. The SMILES string of the molecule is CN(CC(=O)N1CCCC1)c1cc(F)c(C(=O)O)cc1N. The van der Waals surface area contributed by atoms with Crippen molar-refractivity contribution in [3.63, 3.8) is 0 Å². The van der Waals surface area contributed by atoms with Gasteiger partial charge in [-0.25, -0.2) is 9.18 Å². The van der Waals surface area contributed by atoms with Crippen molar-refractivity contribution in [1.29, 1.82) is 0 Å². The number of nitrogens with zero attached hydrogens (tertiary/aromatic N) is 2. The van der Waals surface area contributed by atoms with E-state index in [9.17, 15) is 14.0 Å². The highest BCUT2D eigenvalue weighted by Crippen LogP contribution is 2.26. The summed E-state index contributed by atoms with van der Waals surface area (Å²) in [5.74, 6) is -2.29. The molecular weight excluding hydrogens is 277 g/mol. The molecule has 3 N–H and O–H groups in total. The summed E-state index contributed by atoms with van der Waals surface area (Å²) >= 11 is 0. The number of halogens is 1. The summed E-state index contributed by atoms with van der Waals surface area (Å²) in [5.41, 5.74) is 5.73. The Hall–Kier alpha value is -2.31. The van der Waals surface area contributed by atoms with E-state index in [0.29, 0.717) is 5.69 Å². The Kier molecular flexibility index (Phi) is 4.30. The van der Waals surface area contributed by atoms with E-state index in [-0.39, 0.29) is 18.1 Å². The molecule has 0 aliphatic carbocycles. The minimum absolute atomic E-state index is 0.0443. The molecule has 6 nitrogen and oxygen atoms in total. The number of benzene rings is 1. The van der Waals surface area contributed by atoms with Crippen molar-refractivity contribution in [2.75, 3.05) is 37.3 Å². The average Bonchev–Trinajstić information content (AvgIpc) is 2.94. The zero-order chi connectivity index (χ0) is 15.6. The fraction of sp³-hybridized carbons (Fsp3) is 0.429. The van der Waals surface area contributed by atoms with Crippen LogP contribution in [0.25, 0.3) is 0 Å². The van der Waals surface area contributed by atoms with Crippen LogP contribution in [-0.2, 0) is 4.79 Å². The second kappa shape index (κ2) is 5.99. The van der Waals surface area contributed by atoms with Crippen molar-refractivity contribution in [2.24, 2.45) is 0 Å². The molecule has 114 valence electrons. The van der Waals surface area contributed by atoms with Crippen molar-refractivity contribution in [3.8, 4) is 0 Å². The van der Waals surface area contributed by atoms with Crippen LogP contribution in [0.4, 0.5) is 15.8 Å². The molecule has 0 atom stereocenters. The van der Waals surface area contributed by atoms with Gasteiger partial charge >= 0.3 is 5.97 Å². The zero-order valence-electron chi connectivity index (χ0n) is 11.8. The molecule has 1 aliphatic heterocycles. The first-order valence-corrected chi connectivity index (χ1v) is 6.71. The highest BCUT2D eigenvalue weighted by Gasteiger charge is 2.21. The van der Waals surface area contributed by atoms with E-state index in [2.05, 4.69) is 0 Å². The highest BCUT2D eigenvalue weighted by molar-refractivity contribution is 5.91. The van der Waals surface area contributed by atoms with Crippen molar-refractivity contribution >= 4 is 23.3 Å². The lowest BCUT2D eigenvalue weighted by atomic mass is 10.1. The summed E-state index contributed by atoms with van der Waals surface area (Å²) in [6, 6.07) is 2.12. The number of anilines is 2. The Morgan fingerprint density at radius 2 is 2.00 bits per heavy atom. The summed E-state index contributed by atoms with van der Waals surface area (Å²) < 4.78 is 13.7. The molecule has 0 bridgehead atoms. The largest absolute Gasteiger partial charge is 0.478 e. The Morgan fingerprint density at radius 1 is 1.38 bits per heavy atom. The Balaban J connectivity index is 2.15. The fourth-order valence-corrected chi connectivity index (χ4v) is 2.43. The molecular formula is C14H18FN3O3. The third kappa shape index (κ3) is 3.24. The zero-order valence-corrected chi connectivity index (χ0v) is 11.8. The molecule has 1 fully saturated rings. The normalized spacial score (nSPS) is 14.3. The minimum atomic E-state index is -1.37. The first-order valence-electron chi connectivity index (χ1n) is 6.71. The topological polar surface area (TPSA) is 86.9 Å². The van der Waals surface area contributed by atoms with Gasteiger partial charge in [0.15, 0.2) is 0 Å². The number of likely N-dealkylation sites (N-methyl/N-ethyl adjacent to an activating group) is 1. The summed E-state index contributed by atoms with van der Waals surface area (Å²) in [4.78, 5) is 26.2. The molecule has 7 heteroatoms. The number of rotatable bonds is 4. The van der Waals surface area contributed by atoms with Crippen molar-refractivity contribution in [2.45, 2.75) is 12.8 Å². The highest BCUT2D eigenvalue weighted by atomic mass is 19.1. The lowest BCUT2D eigenvalue weighted by Crippen LogP contribution is -2.37. The van der Waals surface area contributed by atoms with Crippen molar-refractivity contribution in [3.05, 3.63) is 23.5 Å². The molecule has 0 spiro atoms. The van der Waals surface area contributed by atoms with Gasteiger partial charge < -0.3 is 20.6 Å². The van der Waals surface area contributed by atoms with Crippen LogP contribution >= 0.6 is 0 Å². The molecule has 2 rings (SSSR count). The molecule has 1 aliphatic rings. The number of nitrogens with two attached hydrogens (primary N) is 1. The van der Waals surface area contributed by atoms with E-state index in [0.717, 1.165) is 38.1 Å². The van der Waals surface area contributed by atoms with Gasteiger partial charge in [-0.1, -0.05) is 0 Å². The van der Waals surface area contributed by atoms with Gasteiger partial charge in [0.05, 0.1) is 23.5 Å². The number of carboxylic acids is 1. The molecule has 1 heterocycles. The number of hydrogen-bond donors (Lipinski definition) is 2. The molecule has 0 unspecified atom stereocenters. The predicted octanol–water partition coefficient (Wildman–Crippen LogP) is 1.16. The first-order chi connectivity index (χ1) is 9.90. The summed E-state index contributed by atoms with van der Waals surface area (Å²) in [6.07, 6.45) is 2.00. The second-order valence-electron chi connectivity index (χ2n) is 5.14. The monoisotopic (exact) mass is 295 g/mol. The number of amides is 1.